The second-order valence-electron chi connectivity index (χ2n) is 5.96. The van der Waals surface area contributed by atoms with Gasteiger partial charge in [0.05, 0.1) is 14.2 Å². The summed E-state index contributed by atoms with van der Waals surface area (Å²) in [7, 11) is 5.00. The van der Waals surface area contributed by atoms with Gasteiger partial charge in [-0.1, -0.05) is 36.8 Å². The molecule has 0 aliphatic heterocycles. The second-order valence-corrected chi connectivity index (χ2v) is 5.96. The third kappa shape index (κ3) is 6.09. The van der Waals surface area contributed by atoms with E-state index in [0.29, 0.717) is 23.4 Å². The van der Waals surface area contributed by atoms with Crippen molar-refractivity contribution in [3.8, 4) is 11.5 Å². The Hall–Kier alpha value is -1.96. The quantitative estimate of drug-likeness (QED) is 0.374. The third-order valence-electron chi connectivity index (χ3n) is 4.06. The summed E-state index contributed by atoms with van der Waals surface area (Å²) in [6, 6.07) is 14.3. The Bertz CT molecular complexity index is 735. The van der Waals surface area contributed by atoms with Crippen LogP contribution in [-0.2, 0) is 0 Å². The molecule has 0 heterocycles. The number of halogens is 1. The van der Waals surface area contributed by atoms with Crippen molar-refractivity contribution in [3.05, 3.63) is 53.6 Å². The number of hydrogen-bond acceptors (Lipinski definition) is 3. The summed E-state index contributed by atoms with van der Waals surface area (Å²) < 4.78 is 10.6. The van der Waals surface area contributed by atoms with Crippen LogP contribution in [0.3, 0.4) is 0 Å². The van der Waals surface area contributed by atoms with E-state index in [0.717, 1.165) is 12.2 Å². The van der Waals surface area contributed by atoms with E-state index in [9.17, 15) is 0 Å². The Morgan fingerprint density at radius 3 is 2.42 bits per heavy atom. The molecule has 0 aliphatic rings. The summed E-state index contributed by atoms with van der Waals surface area (Å²) in [6.45, 7) is 5.10. The lowest BCUT2D eigenvalue weighted by Gasteiger charge is -2.17. The van der Waals surface area contributed by atoms with Crippen molar-refractivity contribution in [3.63, 3.8) is 0 Å². The molecule has 0 saturated carbocycles. The summed E-state index contributed by atoms with van der Waals surface area (Å²) in [5, 5.41) is 6.64. The van der Waals surface area contributed by atoms with Gasteiger partial charge in [-0.15, -0.1) is 24.0 Å². The van der Waals surface area contributed by atoms with E-state index in [-0.39, 0.29) is 24.0 Å². The summed E-state index contributed by atoms with van der Waals surface area (Å²) >= 11 is 0. The first-order chi connectivity index (χ1) is 12.1. The summed E-state index contributed by atoms with van der Waals surface area (Å²) in [6.07, 6.45) is 0. The van der Waals surface area contributed by atoms with E-state index in [1.165, 1.54) is 11.1 Å². The topological polar surface area (TPSA) is 54.9 Å². The molecule has 0 spiro atoms. The van der Waals surface area contributed by atoms with Gasteiger partial charge >= 0.3 is 0 Å². The van der Waals surface area contributed by atoms with Gasteiger partial charge in [0.2, 0.25) is 0 Å². The van der Waals surface area contributed by atoms with Gasteiger partial charge in [0, 0.05) is 25.3 Å². The molecule has 142 valence electrons. The van der Waals surface area contributed by atoms with E-state index in [2.05, 4.69) is 53.7 Å². The molecule has 2 rings (SSSR count). The zero-order chi connectivity index (χ0) is 18.2. The number of nitrogens with zero attached hydrogens (tertiary/aromatic N) is 1. The summed E-state index contributed by atoms with van der Waals surface area (Å²) in [5.41, 5.74) is 3.47. The number of hydrogen-bond donors (Lipinski definition) is 2. The van der Waals surface area contributed by atoms with Gasteiger partial charge in [-0.3, -0.25) is 4.99 Å². The maximum Gasteiger partial charge on any atom is 0.195 e. The average Bonchev–Trinajstić information content (AvgIpc) is 2.64. The van der Waals surface area contributed by atoms with Crippen LogP contribution in [0.1, 0.15) is 24.0 Å². The molecule has 0 fully saturated rings. The number of nitrogens with one attached hydrogen (secondary N) is 2. The summed E-state index contributed by atoms with van der Waals surface area (Å²) in [4.78, 5) is 4.29. The van der Waals surface area contributed by atoms with Gasteiger partial charge in [0.15, 0.2) is 17.5 Å². The Kier molecular flexibility index (Phi) is 9.26. The molecule has 2 aromatic rings. The van der Waals surface area contributed by atoms with Crippen LogP contribution in [0.4, 0.5) is 5.69 Å². The molecule has 0 aliphatic carbocycles. The van der Waals surface area contributed by atoms with Gasteiger partial charge in [0.1, 0.15) is 0 Å². The van der Waals surface area contributed by atoms with Crippen LogP contribution in [0.2, 0.25) is 0 Å². The first-order valence-electron chi connectivity index (χ1n) is 8.33. The van der Waals surface area contributed by atoms with Crippen molar-refractivity contribution in [2.75, 3.05) is 33.1 Å². The number of guanidine groups is 1. The standard InChI is InChI=1S/C20H27N3O2.HI/c1-14-7-6-8-16(11-14)15(2)13-22-20(21-3)23-17-9-10-18(24-4)19(12-17)25-5;/h6-12,15H,13H2,1-5H3,(H2,21,22,23);1H. The number of aliphatic imine (C=N–C) groups is 1. The predicted octanol–water partition coefficient (Wildman–Crippen LogP) is 4.42. The Balaban J connectivity index is 0.00000338. The molecule has 0 amide bonds. The minimum absolute atomic E-state index is 0. The second kappa shape index (κ2) is 10.9. The SMILES string of the molecule is CN=C(NCC(C)c1cccc(C)c1)Nc1ccc(OC)c(OC)c1.I. The first-order valence-corrected chi connectivity index (χ1v) is 8.33. The van der Waals surface area contributed by atoms with Gasteiger partial charge in [-0.25, -0.2) is 0 Å². The summed E-state index contributed by atoms with van der Waals surface area (Å²) in [5.74, 6) is 2.47. The van der Waals surface area contributed by atoms with Crippen molar-refractivity contribution in [2.45, 2.75) is 19.8 Å². The maximum absolute atomic E-state index is 5.33. The van der Waals surface area contributed by atoms with E-state index in [1.807, 2.05) is 18.2 Å². The minimum atomic E-state index is 0. The molecular formula is C20H28IN3O2. The van der Waals surface area contributed by atoms with E-state index in [4.69, 9.17) is 9.47 Å². The number of anilines is 1. The molecule has 0 aromatic heterocycles. The molecular weight excluding hydrogens is 441 g/mol. The molecule has 5 nitrogen and oxygen atoms in total. The average molecular weight is 469 g/mol. The van der Waals surface area contributed by atoms with Crippen LogP contribution in [0.25, 0.3) is 0 Å². The highest BCUT2D eigenvalue weighted by Gasteiger charge is 2.09. The molecule has 0 saturated heterocycles. The first kappa shape index (κ1) is 22.1. The fourth-order valence-electron chi connectivity index (χ4n) is 2.57. The van der Waals surface area contributed by atoms with Crippen LogP contribution < -0.4 is 20.1 Å². The van der Waals surface area contributed by atoms with E-state index in [1.54, 1.807) is 21.3 Å². The molecule has 2 aromatic carbocycles. The zero-order valence-corrected chi connectivity index (χ0v) is 18.3. The van der Waals surface area contributed by atoms with Crippen molar-refractivity contribution < 1.29 is 9.47 Å². The third-order valence-corrected chi connectivity index (χ3v) is 4.06. The number of methoxy groups -OCH3 is 2. The zero-order valence-electron chi connectivity index (χ0n) is 16.0. The fraction of sp³-hybridized carbons (Fsp3) is 0.350. The smallest absolute Gasteiger partial charge is 0.195 e. The van der Waals surface area contributed by atoms with Crippen LogP contribution in [-0.4, -0.2) is 33.8 Å². The van der Waals surface area contributed by atoms with Gasteiger partial charge in [-0.05, 0) is 30.5 Å². The number of rotatable bonds is 6. The number of aryl methyl sites for hydroxylation is 1. The van der Waals surface area contributed by atoms with Crippen molar-refractivity contribution in [1.29, 1.82) is 0 Å². The van der Waals surface area contributed by atoms with E-state index >= 15 is 0 Å². The highest BCUT2D eigenvalue weighted by molar-refractivity contribution is 14.0. The fourth-order valence-corrected chi connectivity index (χ4v) is 2.57. The molecule has 1 unspecified atom stereocenters. The molecule has 2 N–H and O–H groups in total. The van der Waals surface area contributed by atoms with Gasteiger partial charge in [-0.2, -0.15) is 0 Å². The molecule has 6 heteroatoms. The lowest BCUT2D eigenvalue weighted by molar-refractivity contribution is 0.355. The van der Waals surface area contributed by atoms with Crippen LogP contribution in [0, 0.1) is 6.92 Å². The molecule has 0 bridgehead atoms. The highest BCUT2D eigenvalue weighted by atomic mass is 127. The molecule has 0 radical (unpaired) electrons. The molecule has 26 heavy (non-hydrogen) atoms. The van der Waals surface area contributed by atoms with Crippen LogP contribution >= 0.6 is 24.0 Å². The number of benzene rings is 2. The van der Waals surface area contributed by atoms with Crippen LogP contribution in [0.5, 0.6) is 11.5 Å². The maximum atomic E-state index is 5.33. The lowest BCUT2D eigenvalue weighted by Crippen LogP contribution is -2.33. The Morgan fingerprint density at radius 2 is 1.81 bits per heavy atom. The van der Waals surface area contributed by atoms with Gasteiger partial charge in [0.25, 0.3) is 0 Å². The van der Waals surface area contributed by atoms with Crippen molar-refractivity contribution >= 4 is 35.6 Å². The van der Waals surface area contributed by atoms with E-state index < -0.39 is 0 Å². The predicted molar refractivity (Wildman–Crippen MR) is 120 cm³/mol. The minimum Gasteiger partial charge on any atom is -0.493 e. The Morgan fingerprint density at radius 1 is 1.08 bits per heavy atom. The molecule has 1 atom stereocenters. The highest BCUT2D eigenvalue weighted by Crippen LogP contribution is 2.29. The monoisotopic (exact) mass is 469 g/mol. The van der Waals surface area contributed by atoms with Gasteiger partial charge < -0.3 is 20.1 Å². The van der Waals surface area contributed by atoms with Crippen molar-refractivity contribution in [1.82, 2.24) is 5.32 Å². The Labute approximate surface area is 173 Å². The van der Waals surface area contributed by atoms with Crippen LogP contribution in [0.15, 0.2) is 47.5 Å². The lowest BCUT2D eigenvalue weighted by atomic mass is 9.99. The van der Waals surface area contributed by atoms with Crippen molar-refractivity contribution in [2.24, 2.45) is 4.99 Å². The number of ether oxygens (including phenoxy) is 2. The normalized spacial score (nSPS) is 12.0. The largest absolute Gasteiger partial charge is 0.493 e.